The number of ether oxygens (including phenoxy) is 1. The highest BCUT2D eigenvalue weighted by molar-refractivity contribution is 7.93. The van der Waals surface area contributed by atoms with Crippen molar-refractivity contribution in [2.75, 3.05) is 17.9 Å². The van der Waals surface area contributed by atoms with E-state index in [2.05, 4.69) is 14.6 Å². The molecule has 0 radical (unpaired) electrons. The van der Waals surface area contributed by atoms with Crippen LogP contribution in [0, 0.1) is 5.82 Å². The molecule has 5 rings (SSSR count). The number of halogens is 1. The molecule has 2 atom stereocenters. The van der Waals surface area contributed by atoms with Gasteiger partial charge in [0.15, 0.2) is 5.13 Å². The molecular formula is C23H24FN3O3S2. The maximum atomic E-state index is 13.5. The first kappa shape index (κ1) is 21.4. The highest BCUT2D eigenvalue weighted by Gasteiger charge is 2.34. The lowest BCUT2D eigenvalue weighted by molar-refractivity contribution is 0.0668. The van der Waals surface area contributed by atoms with Gasteiger partial charge in [0.2, 0.25) is 0 Å². The molecule has 3 heterocycles. The van der Waals surface area contributed by atoms with E-state index in [9.17, 15) is 12.8 Å². The lowest BCUT2D eigenvalue weighted by Gasteiger charge is -2.43. The number of likely N-dealkylation sites (tertiary alicyclic amines) is 1. The molecule has 3 aromatic rings. The minimum Gasteiger partial charge on any atom is -0.493 e. The van der Waals surface area contributed by atoms with Gasteiger partial charge < -0.3 is 4.74 Å². The zero-order valence-corrected chi connectivity index (χ0v) is 19.0. The van der Waals surface area contributed by atoms with E-state index in [-0.39, 0.29) is 22.8 Å². The standard InChI is InChI=1S/C23H24FN3O3S2/c24-17-6-4-16(5-7-17)20-3-1-2-12-27(20)21-10-13-30-22-15-18(8-9-19(21)22)32(28,29)26-23-25-11-14-31-23/h4-9,11,14-15,20-21H,1-3,10,12-13H2,(H,25,26)/t20-,21-/m0/s1. The molecule has 0 aliphatic carbocycles. The summed E-state index contributed by atoms with van der Waals surface area (Å²) in [7, 11) is -3.75. The molecule has 1 saturated heterocycles. The predicted molar refractivity (Wildman–Crippen MR) is 122 cm³/mol. The molecule has 0 amide bonds. The number of aromatic nitrogens is 1. The molecule has 0 bridgehead atoms. The van der Waals surface area contributed by atoms with E-state index < -0.39 is 10.0 Å². The second-order valence-corrected chi connectivity index (χ2v) is 10.7. The fourth-order valence-electron chi connectivity index (χ4n) is 4.68. The van der Waals surface area contributed by atoms with Crippen molar-refractivity contribution in [3.8, 4) is 5.75 Å². The lowest BCUT2D eigenvalue weighted by Crippen LogP contribution is -2.38. The summed E-state index contributed by atoms with van der Waals surface area (Å²) in [5, 5.41) is 2.05. The molecule has 32 heavy (non-hydrogen) atoms. The normalized spacial score (nSPS) is 21.5. The zero-order valence-electron chi connectivity index (χ0n) is 17.4. The van der Waals surface area contributed by atoms with E-state index in [0.717, 1.165) is 43.4 Å². The summed E-state index contributed by atoms with van der Waals surface area (Å²) in [4.78, 5) is 6.62. The quantitative estimate of drug-likeness (QED) is 0.556. The molecule has 0 saturated carbocycles. The van der Waals surface area contributed by atoms with Gasteiger partial charge in [-0.15, -0.1) is 11.3 Å². The molecule has 2 aliphatic heterocycles. The SMILES string of the molecule is O=S(=O)(Nc1nccs1)c1ccc2c(c1)OCC[C@@H]2N1CCCC[C@H]1c1ccc(F)cc1. The van der Waals surface area contributed by atoms with Crippen LogP contribution in [0.2, 0.25) is 0 Å². The van der Waals surface area contributed by atoms with Crippen LogP contribution in [-0.4, -0.2) is 31.5 Å². The minimum absolute atomic E-state index is 0.123. The molecule has 2 aliphatic rings. The molecule has 168 valence electrons. The van der Waals surface area contributed by atoms with Gasteiger partial charge in [-0.05, 0) is 43.1 Å². The van der Waals surface area contributed by atoms with Crippen molar-refractivity contribution in [2.45, 2.75) is 42.7 Å². The molecular weight excluding hydrogens is 449 g/mol. The van der Waals surface area contributed by atoms with Crippen molar-refractivity contribution >= 4 is 26.5 Å². The van der Waals surface area contributed by atoms with Crippen LogP contribution >= 0.6 is 11.3 Å². The van der Waals surface area contributed by atoms with Crippen molar-refractivity contribution in [1.82, 2.24) is 9.88 Å². The van der Waals surface area contributed by atoms with Gasteiger partial charge in [0, 0.05) is 41.7 Å². The number of rotatable bonds is 5. The molecule has 1 fully saturated rings. The Labute approximate surface area is 191 Å². The highest BCUT2D eigenvalue weighted by Crippen LogP contribution is 2.44. The number of piperidine rings is 1. The Hall–Kier alpha value is -2.49. The van der Waals surface area contributed by atoms with Crippen LogP contribution in [0.4, 0.5) is 9.52 Å². The number of sulfonamides is 1. The van der Waals surface area contributed by atoms with Crippen molar-refractivity contribution < 1.29 is 17.5 Å². The molecule has 9 heteroatoms. The molecule has 2 aromatic carbocycles. The van der Waals surface area contributed by atoms with E-state index in [0.29, 0.717) is 17.5 Å². The van der Waals surface area contributed by atoms with Gasteiger partial charge in [0.1, 0.15) is 11.6 Å². The van der Waals surface area contributed by atoms with Gasteiger partial charge in [0.25, 0.3) is 10.0 Å². The molecule has 0 spiro atoms. The van der Waals surface area contributed by atoms with Gasteiger partial charge >= 0.3 is 0 Å². The topological polar surface area (TPSA) is 71.5 Å². The van der Waals surface area contributed by atoms with E-state index in [4.69, 9.17) is 4.74 Å². The molecule has 0 unspecified atom stereocenters. The van der Waals surface area contributed by atoms with Crippen molar-refractivity contribution in [3.05, 3.63) is 71.0 Å². The Kier molecular flexibility index (Phi) is 5.88. The molecule has 1 N–H and O–H groups in total. The number of hydrogen-bond acceptors (Lipinski definition) is 6. The third-order valence-electron chi connectivity index (χ3n) is 6.16. The Bertz CT molecular complexity index is 1180. The van der Waals surface area contributed by atoms with Crippen LogP contribution in [0.25, 0.3) is 0 Å². The Morgan fingerprint density at radius 1 is 1.09 bits per heavy atom. The van der Waals surface area contributed by atoms with E-state index in [1.54, 1.807) is 23.7 Å². The van der Waals surface area contributed by atoms with E-state index >= 15 is 0 Å². The number of nitrogens with one attached hydrogen (secondary N) is 1. The minimum atomic E-state index is -3.75. The third-order valence-corrected chi connectivity index (χ3v) is 8.31. The molecule has 1 aromatic heterocycles. The summed E-state index contributed by atoms with van der Waals surface area (Å²) in [6.07, 6.45) is 5.64. The second-order valence-electron chi connectivity index (χ2n) is 8.10. The fraction of sp³-hybridized carbons (Fsp3) is 0.348. The highest BCUT2D eigenvalue weighted by atomic mass is 32.2. The van der Waals surface area contributed by atoms with Crippen LogP contribution < -0.4 is 9.46 Å². The summed E-state index contributed by atoms with van der Waals surface area (Å²) in [6, 6.07) is 12.2. The summed E-state index contributed by atoms with van der Waals surface area (Å²) < 4.78 is 47.5. The van der Waals surface area contributed by atoms with Crippen molar-refractivity contribution in [2.24, 2.45) is 0 Å². The Morgan fingerprint density at radius 3 is 2.72 bits per heavy atom. The second kappa shape index (κ2) is 8.80. The van der Waals surface area contributed by atoms with Gasteiger partial charge in [-0.1, -0.05) is 24.6 Å². The summed E-state index contributed by atoms with van der Waals surface area (Å²) in [5.74, 6) is 0.374. The summed E-state index contributed by atoms with van der Waals surface area (Å²) in [6.45, 7) is 1.46. The zero-order chi connectivity index (χ0) is 22.1. The monoisotopic (exact) mass is 473 g/mol. The Morgan fingerprint density at radius 2 is 1.94 bits per heavy atom. The summed E-state index contributed by atoms with van der Waals surface area (Å²) in [5.41, 5.74) is 2.12. The number of benzene rings is 2. The van der Waals surface area contributed by atoms with E-state index in [1.807, 2.05) is 18.2 Å². The van der Waals surface area contributed by atoms with Crippen LogP contribution in [0.3, 0.4) is 0 Å². The average molecular weight is 474 g/mol. The fourth-order valence-corrected chi connectivity index (χ4v) is 6.48. The first-order valence-corrected chi connectivity index (χ1v) is 13.1. The number of thiazole rings is 1. The summed E-state index contributed by atoms with van der Waals surface area (Å²) >= 11 is 1.23. The van der Waals surface area contributed by atoms with Crippen LogP contribution in [-0.2, 0) is 10.0 Å². The van der Waals surface area contributed by atoms with Crippen LogP contribution in [0.1, 0.15) is 48.9 Å². The molecule has 6 nitrogen and oxygen atoms in total. The van der Waals surface area contributed by atoms with Gasteiger partial charge in [-0.3, -0.25) is 9.62 Å². The van der Waals surface area contributed by atoms with Crippen molar-refractivity contribution in [1.29, 1.82) is 0 Å². The third kappa shape index (κ3) is 4.24. The number of fused-ring (bicyclic) bond motifs is 1. The lowest BCUT2D eigenvalue weighted by atomic mass is 9.89. The van der Waals surface area contributed by atoms with Gasteiger partial charge in [0.05, 0.1) is 11.5 Å². The van der Waals surface area contributed by atoms with Crippen molar-refractivity contribution in [3.63, 3.8) is 0 Å². The number of hydrogen-bond donors (Lipinski definition) is 1. The van der Waals surface area contributed by atoms with Crippen LogP contribution in [0.5, 0.6) is 5.75 Å². The Balaban J connectivity index is 1.44. The number of nitrogens with zero attached hydrogens (tertiary/aromatic N) is 2. The maximum Gasteiger partial charge on any atom is 0.263 e. The largest absolute Gasteiger partial charge is 0.493 e. The van der Waals surface area contributed by atoms with E-state index in [1.165, 1.54) is 23.5 Å². The first-order chi connectivity index (χ1) is 15.5. The number of anilines is 1. The maximum absolute atomic E-state index is 13.5. The smallest absolute Gasteiger partial charge is 0.263 e. The average Bonchev–Trinajstić information content (AvgIpc) is 3.31. The first-order valence-electron chi connectivity index (χ1n) is 10.7. The van der Waals surface area contributed by atoms with Gasteiger partial charge in [-0.2, -0.15) is 0 Å². The predicted octanol–water partition coefficient (Wildman–Crippen LogP) is 5.13. The van der Waals surface area contributed by atoms with Gasteiger partial charge in [-0.25, -0.2) is 17.8 Å². The van der Waals surface area contributed by atoms with Crippen LogP contribution in [0.15, 0.2) is 58.9 Å².